The quantitative estimate of drug-likeness (QED) is 0.905. The number of nitrogens with one attached hydrogen (secondary N) is 1. The molecule has 2 aromatic rings. The molecule has 2 aliphatic rings. The van der Waals surface area contributed by atoms with Crippen molar-refractivity contribution in [1.82, 2.24) is 20.2 Å². The number of fused-ring (bicyclic) bond motifs is 1. The van der Waals surface area contributed by atoms with Crippen LogP contribution in [0, 0.1) is 0 Å². The highest BCUT2D eigenvalue weighted by Crippen LogP contribution is 2.24. The minimum atomic E-state index is 0.198. The Morgan fingerprint density at radius 1 is 1.04 bits per heavy atom. The number of benzene rings is 1. The zero-order chi connectivity index (χ0) is 16.4. The van der Waals surface area contributed by atoms with E-state index in [1.165, 1.54) is 0 Å². The molecular weight excluding hydrogens is 302 g/mol. The summed E-state index contributed by atoms with van der Waals surface area (Å²) in [5.41, 5.74) is 0.998. The van der Waals surface area contributed by atoms with Crippen LogP contribution in [0.25, 0.3) is 10.9 Å². The summed E-state index contributed by atoms with van der Waals surface area (Å²) in [6.07, 6.45) is 4.35. The van der Waals surface area contributed by atoms with Gasteiger partial charge in [0, 0.05) is 50.6 Å². The van der Waals surface area contributed by atoms with Crippen molar-refractivity contribution in [3.63, 3.8) is 0 Å². The lowest BCUT2D eigenvalue weighted by atomic mass is 10.1. The van der Waals surface area contributed by atoms with E-state index in [0.29, 0.717) is 12.5 Å². The van der Waals surface area contributed by atoms with Crippen LogP contribution in [0.5, 0.6) is 0 Å². The fourth-order valence-electron chi connectivity index (χ4n) is 3.82. The van der Waals surface area contributed by atoms with Crippen LogP contribution < -0.4 is 10.2 Å². The Morgan fingerprint density at radius 3 is 2.75 bits per heavy atom. The van der Waals surface area contributed by atoms with Gasteiger partial charge in [0.2, 0.25) is 5.91 Å². The second-order valence-electron chi connectivity index (χ2n) is 6.57. The average molecular weight is 325 g/mol. The summed E-state index contributed by atoms with van der Waals surface area (Å²) in [5.74, 6) is 1.24. The highest BCUT2D eigenvalue weighted by atomic mass is 16.1. The van der Waals surface area contributed by atoms with Crippen molar-refractivity contribution in [2.45, 2.75) is 25.3 Å². The number of hydrogen-bond donors (Lipinski definition) is 1. The summed E-state index contributed by atoms with van der Waals surface area (Å²) < 4.78 is 0. The lowest BCUT2D eigenvalue weighted by Gasteiger charge is -2.39. The third-order valence-corrected chi connectivity index (χ3v) is 5.16. The van der Waals surface area contributed by atoms with Crippen LogP contribution in [0.3, 0.4) is 0 Å². The van der Waals surface area contributed by atoms with Crippen LogP contribution in [0.2, 0.25) is 0 Å². The Kier molecular flexibility index (Phi) is 4.30. The topological polar surface area (TPSA) is 61.4 Å². The molecule has 1 aromatic carbocycles. The zero-order valence-electron chi connectivity index (χ0n) is 13.8. The molecule has 2 fully saturated rings. The van der Waals surface area contributed by atoms with E-state index in [-0.39, 0.29) is 5.91 Å². The second kappa shape index (κ2) is 6.73. The van der Waals surface area contributed by atoms with Gasteiger partial charge in [0.25, 0.3) is 0 Å². The van der Waals surface area contributed by atoms with Crippen molar-refractivity contribution >= 4 is 22.6 Å². The Hall–Kier alpha value is -2.21. The molecule has 1 atom stereocenters. The van der Waals surface area contributed by atoms with Gasteiger partial charge in [-0.15, -0.1) is 0 Å². The smallest absolute Gasteiger partial charge is 0.220 e. The number of carbonyl (C=O) groups is 1. The first kappa shape index (κ1) is 15.3. The third-order valence-electron chi connectivity index (χ3n) is 5.16. The molecule has 1 N–H and O–H groups in total. The molecule has 2 aliphatic heterocycles. The summed E-state index contributed by atoms with van der Waals surface area (Å²) in [6.45, 7) is 4.80. The number of piperazine rings is 1. The molecule has 1 amide bonds. The first-order chi connectivity index (χ1) is 11.8. The van der Waals surface area contributed by atoms with Gasteiger partial charge >= 0.3 is 0 Å². The maximum Gasteiger partial charge on any atom is 0.220 e. The van der Waals surface area contributed by atoms with Crippen molar-refractivity contribution in [3.8, 4) is 0 Å². The number of hydrogen-bond acceptors (Lipinski definition) is 5. The van der Waals surface area contributed by atoms with Crippen LogP contribution in [0.1, 0.15) is 19.3 Å². The molecule has 0 saturated carbocycles. The summed E-state index contributed by atoms with van der Waals surface area (Å²) in [5, 5.41) is 4.10. The molecule has 0 aliphatic carbocycles. The summed E-state index contributed by atoms with van der Waals surface area (Å²) in [4.78, 5) is 25.3. The minimum Gasteiger partial charge on any atom is -0.356 e. The minimum absolute atomic E-state index is 0.198. The van der Waals surface area contributed by atoms with Gasteiger partial charge in [0.15, 0.2) is 0 Å². The van der Waals surface area contributed by atoms with Crippen molar-refractivity contribution in [3.05, 3.63) is 30.6 Å². The maximum absolute atomic E-state index is 11.5. The van der Waals surface area contributed by atoms with Crippen molar-refractivity contribution in [1.29, 1.82) is 0 Å². The molecule has 0 unspecified atom stereocenters. The van der Waals surface area contributed by atoms with Gasteiger partial charge in [-0.25, -0.2) is 9.97 Å². The lowest BCUT2D eigenvalue weighted by molar-refractivity contribution is -0.120. The number of rotatable bonds is 2. The maximum atomic E-state index is 11.5. The normalized spacial score (nSPS) is 23.1. The van der Waals surface area contributed by atoms with Crippen LogP contribution in [-0.4, -0.2) is 59.5 Å². The van der Waals surface area contributed by atoms with Crippen LogP contribution in [-0.2, 0) is 4.79 Å². The predicted molar refractivity (Wildman–Crippen MR) is 94.0 cm³/mol. The first-order valence-corrected chi connectivity index (χ1v) is 8.77. The SMILES string of the molecule is O=C1CC[C@H](N2CCN(c3ncnc4ccccc34)CC2)CCN1. The van der Waals surface area contributed by atoms with Gasteiger partial charge in [-0.05, 0) is 25.0 Å². The first-order valence-electron chi connectivity index (χ1n) is 8.77. The lowest BCUT2D eigenvalue weighted by Crippen LogP contribution is -2.50. The molecule has 24 heavy (non-hydrogen) atoms. The van der Waals surface area contributed by atoms with Crippen LogP contribution in [0.15, 0.2) is 30.6 Å². The monoisotopic (exact) mass is 325 g/mol. The third kappa shape index (κ3) is 3.06. The molecule has 1 aromatic heterocycles. The van der Waals surface area contributed by atoms with Crippen molar-refractivity contribution in [2.75, 3.05) is 37.6 Å². The Morgan fingerprint density at radius 2 is 1.88 bits per heavy atom. The molecule has 0 bridgehead atoms. The van der Waals surface area contributed by atoms with Crippen molar-refractivity contribution < 1.29 is 4.79 Å². The highest BCUT2D eigenvalue weighted by molar-refractivity contribution is 5.89. The second-order valence-corrected chi connectivity index (χ2v) is 6.57. The van der Waals surface area contributed by atoms with E-state index in [2.05, 4.69) is 31.2 Å². The molecule has 2 saturated heterocycles. The number of nitrogens with zero attached hydrogens (tertiary/aromatic N) is 4. The zero-order valence-corrected chi connectivity index (χ0v) is 13.8. The fourth-order valence-corrected chi connectivity index (χ4v) is 3.82. The molecule has 6 nitrogen and oxygen atoms in total. The predicted octanol–water partition coefficient (Wildman–Crippen LogP) is 1.42. The number of anilines is 1. The van der Waals surface area contributed by atoms with E-state index in [9.17, 15) is 4.79 Å². The van der Waals surface area contributed by atoms with Crippen LogP contribution in [0.4, 0.5) is 5.82 Å². The molecular formula is C18H23N5O. The molecule has 6 heteroatoms. The van der Waals surface area contributed by atoms with E-state index >= 15 is 0 Å². The van der Waals surface area contributed by atoms with Gasteiger partial charge in [0.05, 0.1) is 5.52 Å². The average Bonchev–Trinajstić information content (AvgIpc) is 2.86. The number of amides is 1. The van der Waals surface area contributed by atoms with E-state index in [4.69, 9.17) is 0 Å². The summed E-state index contributed by atoms with van der Waals surface area (Å²) in [6, 6.07) is 8.71. The highest BCUT2D eigenvalue weighted by Gasteiger charge is 2.26. The van der Waals surface area contributed by atoms with Gasteiger partial charge in [-0.1, -0.05) is 12.1 Å². The van der Waals surface area contributed by atoms with E-state index in [1.807, 2.05) is 18.2 Å². The van der Waals surface area contributed by atoms with Crippen LogP contribution >= 0.6 is 0 Å². The van der Waals surface area contributed by atoms with Gasteiger partial charge < -0.3 is 10.2 Å². The summed E-state index contributed by atoms with van der Waals surface area (Å²) >= 11 is 0. The number of carbonyl (C=O) groups excluding carboxylic acids is 1. The van der Waals surface area contributed by atoms with E-state index in [1.54, 1.807) is 6.33 Å². The molecule has 3 heterocycles. The fraction of sp³-hybridized carbons (Fsp3) is 0.500. The van der Waals surface area contributed by atoms with E-state index in [0.717, 1.165) is 62.3 Å². The Labute approximate surface area is 141 Å². The van der Waals surface area contributed by atoms with Gasteiger partial charge in [-0.3, -0.25) is 9.69 Å². The standard InChI is InChI=1S/C18H23N5O/c24-17-6-5-14(7-8-19-17)22-9-11-23(12-10-22)18-15-3-1-2-4-16(15)20-13-21-18/h1-4,13-14H,5-12H2,(H,19,24)/t14-/m0/s1. The van der Waals surface area contributed by atoms with Crippen molar-refractivity contribution in [2.24, 2.45) is 0 Å². The Bertz CT molecular complexity index is 721. The number of para-hydroxylation sites is 1. The summed E-state index contributed by atoms with van der Waals surface area (Å²) in [7, 11) is 0. The van der Waals surface area contributed by atoms with Gasteiger partial charge in [-0.2, -0.15) is 0 Å². The molecule has 0 spiro atoms. The number of aromatic nitrogens is 2. The van der Waals surface area contributed by atoms with E-state index < -0.39 is 0 Å². The molecule has 126 valence electrons. The molecule has 4 rings (SSSR count). The van der Waals surface area contributed by atoms with Gasteiger partial charge in [0.1, 0.15) is 12.1 Å². The Balaban J connectivity index is 1.45. The molecule has 0 radical (unpaired) electrons. The largest absolute Gasteiger partial charge is 0.356 e.